The summed E-state index contributed by atoms with van der Waals surface area (Å²) in [4.78, 5) is 13.2. The van der Waals surface area contributed by atoms with Gasteiger partial charge in [-0.15, -0.1) is 0 Å². The molecule has 4 nitrogen and oxygen atoms in total. The predicted molar refractivity (Wildman–Crippen MR) is 73.6 cm³/mol. The Labute approximate surface area is 114 Å². The van der Waals surface area contributed by atoms with Crippen molar-refractivity contribution in [1.82, 2.24) is 4.90 Å². The summed E-state index contributed by atoms with van der Waals surface area (Å²) in [5.74, 6) is 0.510. The molecule has 1 fully saturated rings. The van der Waals surface area contributed by atoms with Gasteiger partial charge in [-0.1, -0.05) is 12.1 Å². The Bertz CT molecular complexity index is 443. The number of aliphatic carboxylic acids is 1. The first-order chi connectivity index (χ1) is 9.02. The van der Waals surface area contributed by atoms with E-state index in [4.69, 9.17) is 9.84 Å². The van der Waals surface area contributed by atoms with Gasteiger partial charge in [-0.25, -0.2) is 0 Å². The highest BCUT2D eigenvalue weighted by Gasteiger charge is 2.35. The van der Waals surface area contributed by atoms with Gasteiger partial charge in [0, 0.05) is 12.6 Å². The zero-order valence-electron chi connectivity index (χ0n) is 11.7. The van der Waals surface area contributed by atoms with Crippen molar-refractivity contribution in [3.05, 3.63) is 29.8 Å². The average molecular weight is 263 g/mol. The molecule has 104 valence electrons. The lowest BCUT2D eigenvalue weighted by Crippen LogP contribution is -2.41. The zero-order chi connectivity index (χ0) is 14.0. The van der Waals surface area contributed by atoms with Gasteiger partial charge in [0.25, 0.3) is 0 Å². The summed E-state index contributed by atoms with van der Waals surface area (Å²) < 4.78 is 5.16. The molecule has 0 saturated carbocycles. The van der Waals surface area contributed by atoms with Crippen molar-refractivity contribution >= 4 is 5.97 Å². The van der Waals surface area contributed by atoms with Crippen molar-refractivity contribution in [2.24, 2.45) is 0 Å². The normalized spacial score (nSPS) is 25.2. The van der Waals surface area contributed by atoms with Gasteiger partial charge in [0.2, 0.25) is 0 Å². The lowest BCUT2D eigenvalue weighted by Gasteiger charge is -2.25. The van der Waals surface area contributed by atoms with Gasteiger partial charge < -0.3 is 9.84 Å². The van der Waals surface area contributed by atoms with E-state index >= 15 is 0 Å². The Morgan fingerprint density at radius 2 is 2.05 bits per heavy atom. The van der Waals surface area contributed by atoms with E-state index in [1.54, 1.807) is 14.0 Å². The molecule has 1 aliphatic heterocycles. The van der Waals surface area contributed by atoms with Gasteiger partial charge in [0.15, 0.2) is 0 Å². The fourth-order valence-electron chi connectivity index (χ4n) is 2.86. The van der Waals surface area contributed by atoms with Crippen LogP contribution in [0.25, 0.3) is 0 Å². The topological polar surface area (TPSA) is 49.8 Å². The van der Waals surface area contributed by atoms with Crippen LogP contribution < -0.4 is 4.74 Å². The molecule has 1 aliphatic rings. The lowest BCUT2D eigenvalue weighted by molar-refractivity contribution is -0.142. The first-order valence-electron chi connectivity index (χ1n) is 6.65. The molecule has 1 aromatic carbocycles. The molecule has 0 aromatic heterocycles. The standard InChI is InChI=1S/C15H21NO3/c1-10-8-13(9-16(10)11(2)15(17)18)12-4-6-14(19-3)7-5-12/h4-7,10-11,13H,8-9H2,1-3H3,(H,17,18)/t10-,11+,13+/m0/s1. The minimum absolute atomic E-state index is 0.304. The van der Waals surface area contributed by atoms with E-state index in [2.05, 4.69) is 24.0 Å². The maximum absolute atomic E-state index is 11.1. The van der Waals surface area contributed by atoms with Crippen LogP contribution >= 0.6 is 0 Å². The van der Waals surface area contributed by atoms with Gasteiger partial charge in [-0.2, -0.15) is 0 Å². The fourth-order valence-corrected chi connectivity index (χ4v) is 2.86. The van der Waals surface area contributed by atoms with Crippen LogP contribution in [0.5, 0.6) is 5.75 Å². The van der Waals surface area contributed by atoms with E-state index < -0.39 is 12.0 Å². The molecular formula is C15H21NO3. The highest BCUT2D eigenvalue weighted by Crippen LogP contribution is 2.33. The third-order valence-corrected chi connectivity index (χ3v) is 4.07. The SMILES string of the molecule is COc1ccc([C@@H]2C[C@H](C)N([C@H](C)C(=O)O)C2)cc1. The monoisotopic (exact) mass is 263 g/mol. The van der Waals surface area contributed by atoms with E-state index in [-0.39, 0.29) is 0 Å². The van der Waals surface area contributed by atoms with Gasteiger partial charge in [-0.05, 0) is 43.9 Å². The molecule has 0 amide bonds. The van der Waals surface area contributed by atoms with Crippen molar-refractivity contribution in [2.75, 3.05) is 13.7 Å². The van der Waals surface area contributed by atoms with Crippen LogP contribution in [-0.2, 0) is 4.79 Å². The Morgan fingerprint density at radius 3 is 2.58 bits per heavy atom. The highest BCUT2D eigenvalue weighted by atomic mass is 16.5. The number of methoxy groups -OCH3 is 1. The molecule has 1 N–H and O–H groups in total. The van der Waals surface area contributed by atoms with E-state index in [9.17, 15) is 4.79 Å². The summed E-state index contributed by atoms with van der Waals surface area (Å²) in [5.41, 5.74) is 1.26. The number of benzene rings is 1. The van der Waals surface area contributed by atoms with Crippen LogP contribution in [-0.4, -0.2) is 41.7 Å². The predicted octanol–water partition coefficient (Wildman–Crippen LogP) is 2.35. The number of nitrogens with zero attached hydrogens (tertiary/aromatic N) is 1. The molecular weight excluding hydrogens is 242 g/mol. The number of hydrogen-bond donors (Lipinski definition) is 1. The molecule has 1 heterocycles. The maximum Gasteiger partial charge on any atom is 0.320 e. The third kappa shape index (κ3) is 2.89. The minimum Gasteiger partial charge on any atom is -0.497 e. The van der Waals surface area contributed by atoms with Crippen LogP contribution in [0.2, 0.25) is 0 Å². The average Bonchev–Trinajstić information content (AvgIpc) is 2.80. The molecule has 0 unspecified atom stereocenters. The minimum atomic E-state index is -0.748. The zero-order valence-corrected chi connectivity index (χ0v) is 11.7. The van der Waals surface area contributed by atoms with Gasteiger partial charge in [0.1, 0.15) is 11.8 Å². The summed E-state index contributed by atoms with van der Waals surface area (Å²) in [7, 11) is 1.66. The summed E-state index contributed by atoms with van der Waals surface area (Å²) >= 11 is 0. The summed E-state index contributed by atoms with van der Waals surface area (Å²) in [6.45, 7) is 4.67. The number of carbonyl (C=O) groups is 1. The first-order valence-corrected chi connectivity index (χ1v) is 6.65. The molecule has 0 bridgehead atoms. The van der Waals surface area contributed by atoms with E-state index in [1.165, 1.54) is 5.56 Å². The van der Waals surface area contributed by atoms with Crippen molar-refractivity contribution < 1.29 is 14.6 Å². The number of rotatable bonds is 4. The molecule has 19 heavy (non-hydrogen) atoms. The van der Waals surface area contributed by atoms with Gasteiger partial charge in [0.05, 0.1) is 7.11 Å². The van der Waals surface area contributed by atoms with Crippen molar-refractivity contribution in [2.45, 2.75) is 38.3 Å². The molecule has 0 radical (unpaired) electrons. The Balaban J connectivity index is 2.09. The number of likely N-dealkylation sites (tertiary alicyclic amines) is 1. The second-order valence-corrected chi connectivity index (χ2v) is 5.27. The van der Waals surface area contributed by atoms with Crippen LogP contribution in [0.1, 0.15) is 31.7 Å². The molecule has 2 rings (SSSR count). The highest BCUT2D eigenvalue weighted by molar-refractivity contribution is 5.73. The maximum atomic E-state index is 11.1. The number of ether oxygens (including phenoxy) is 1. The lowest BCUT2D eigenvalue weighted by atomic mass is 9.97. The second kappa shape index (κ2) is 5.61. The first kappa shape index (κ1) is 13.9. The van der Waals surface area contributed by atoms with E-state index in [0.29, 0.717) is 12.0 Å². The smallest absolute Gasteiger partial charge is 0.320 e. The summed E-state index contributed by atoms with van der Waals surface area (Å²) in [5, 5.41) is 9.13. The third-order valence-electron chi connectivity index (χ3n) is 4.07. The van der Waals surface area contributed by atoms with Crippen LogP contribution in [0.4, 0.5) is 0 Å². The summed E-state index contributed by atoms with van der Waals surface area (Å²) in [6, 6.07) is 7.96. The number of carboxylic acid groups (broad SMARTS) is 1. The molecule has 1 aromatic rings. The van der Waals surface area contributed by atoms with E-state index in [1.807, 2.05) is 12.1 Å². The van der Waals surface area contributed by atoms with Crippen LogP contribution in [0, 0.1) is 0 Å². The van der Waals surface area contributed by atoms with Crippen molar-refractivity contribution in [3.8, 4) is 5.75 Å². The number of carboxylic acids is 1. The van der Waals surface area contributed by atoms with Crippen molar-refractivity contribution in [3.63, 3.8) is 0 Å². The largest absolute Gasteiger partial charge is 0.497 e. The van der Waals surface area contributed by atoms with Crippen LogP contribution in [0.15, 0.2) is 24.3 Å². The Morgan fingerprint density at radius 1 is 1.42 bits per heavy atom. The summed E-state index contributed by atoms with van der Waals surface area (Å²) in [6.07, 6.45) is 1.00. The second-order valence-electron chi connectivity index (χ2n) is 5.27. The molecule has 3 atom stereocenters. The Hall–Kier alpha value is -1.55. The van der Waals surface area contributed by atoms with E-state index in [0.717, 1.165) is 18.7 Å². The van der Waals surface area contributed by atoms with Crippen LogP contribution in [0.3, 0.4) is 0 Å². The quantitative estimate of drug-likeness (QED) is 0.906. The number of hydrogen-bond acceptors (Lipinski definition) is 3. The molecule has 4 heteroatoms. The Kier molecular flexibility index (Phi) is 4.10. The van der Waals surface area contributed by atoms with Gasteiger partial charge in [-0.3, -0.25) is 9.69 Å². The molecule has 0 aliphatic carbocycles. The van der Waals surface area contributed by atoms with Gasteiger partial charge >= 0.3 is 5.97 Å². The molecule has 0 spiro atoms. The fraction of sp³-hybridized carbons (Fsp3) is 0.533. The van der Waals surface area contributed by atoms with Crippen molar-refractivity contribution in [1.29, 1.82) is 0 Å². The molecule has 1 saturated heterocycles.